The van der Waals surface area contributed by atoms with Crippen LogP contribution in [0.5, 0.6) is 0 Å². The summed E-state index contributed by atoms with van der Waals surface area (Å²) in [5.74, 6) is 0.463. The largest absolute Gasteiger partial charge is 2.00 e. The number of halogens is 3. The maximum atomic E-state index is 6.79. The Morgan fingerprint density at radius 2 is 1.46 bits per heavy atom. The number of rotatable bonds is 3. The van der Waals surface area contributed by atoms with Gasteiger partial charge in [-0.2, -0.15) is 11.1 Å². The fourth-order valence-electron chi connectivity index (χ4n) is 3.44. The first-order chi connectivity index (χ1) is 10.3. The zero-order valence-electron chi connectivity index (χ0n) is 12.9. The van der Waals surface area contributed by atoms with Crippen LogP contribution < -0.4 is 24.8 Å². The zero-order chi connectivity index (χ0) is 14.2. The molecule has 2 aliphatic carbocycles. The van der Waals surface area contributed by atoms with E-state index in [-0.39, 0.29) is 43.4 Å². The normalized spacial score (nSPS) is 14.2. The van der Waals surface area contributed by atoms with Gasteiger partial charge in [0.05, 0.1) is 0 Å². The molecule has 0 spiro atoms. The van der Waals surface area contributed by atoms with E-state index in [0.29, 0.717) is 5.92 Å². The number of benzene rings is 2. The molecular weight excluding hydrogens is 414 g/mol. The van der Waals surface area contributed by atoms with E-state index in [0.717, 1.165) is 12.5 Å². The minimum Gasteiger partial charge on any atom is -1.00 e. The van der Waals surface area contributed by atoms with Gasteiger partial charge in [0.2, 0.25) is 0 Å². The topological polar surface area (TPSA) is 0 Å². The van der Waals surface area contributed by atoms with Crippen molar-refractivity contribution in [1.29, 1.82) is 0 Å². The third kappa shape index (κ3) is 3.88. The molecule has 0 saturated heterocycles. The van der Waals surface area contributed by atoms with E-state index in [9.17, 15) is 0 Å². The van der Waals surface area contributed by atoms with Crippen molar-refractivity contribution in [2.24, 2.45) is 0 Å². The summed E-state index contributed by atoms with van der Waals surface area (Å²) >= 11 is 6.79. The summed E-state index contributed by atoms with van der Waals surface area (Å²) in [5.41, 5.74) is 5.69. The van der Waals surface area contributed by atoms with E-state index in [1.807, 2.05) is 0 Å². The number of hydrogen-bond acceptors (Lipinski definition) is 0. The number of allylic oxidation sites excluding steroid dienone is 4. The molecule has 0 N–H and O–H groups in total. The average molecular weight is 430 g/mol. The van der Waals surface area contributed by atoms with Gasteiger partial charge in [-0.05, 0) is 34.7 Å². The summed E-state index contributed by atoms with van der Waals surface area (Å²) in [5, 5.41) is 1.45. The Hall–Kier alpha value is -0.409. The van der Waals surface area contributed by atoms with Crippen LogP contribution in [0.15, 0.2) is 72.0 Å². The standard InChI is InChI=1S/C19H16ClSi.2ClH.V/c20-21(14-7-1-2-8-14)13-19-17-11-5-3-9-15(17)16-10-4-6-12-18(16)19;;;/h1-7,9-12,19H,8,13H2;2*1H;/q;;;+2/p-2. The van der Waals surface area contributed by atoms with E-state index in [4.69, 9.17) is 11.1 Å². The van der Waals surface area contributed by atoms with Crippen LogP contribution >= 0.6 is 11.1 Å². The zero-order valence-corrected chi connectivity index (χ0v) is 17.6. The van der Waals surface area contributed by atoms with Gasteiger partial charge in [-0.25, -0.2) is 0 Å². The SMILES string of the molecule is Cl[Si](CC1c2ccccc2-c2ccccc21)C1=CC=CC1.[Cl-].[Cl-].[V+2]. The Labute approximate surface area is 174 Å². The van der Waals surface area contributed by atoms with Gasteiger partial charge in [-0.15, -0.1) is 0 Å². The van der Waals surface area contributed by atoms with Crippen molar-refractivity contribution in [3.8, 4) is 11.1 Å². The van der Waals surface area contributed by atoms with Gasteiger partial charge in [0.1, 0.15) is 0 Å². The molecule has 2 radical (unpaired) electrons. The fraction of sp³-hybridized carbons (Fsp3) is 0.158. The van der Waals surface area contributed by atoms with Gasteiger partial charge >= 0.3 is 18.6 Å². The first-order valence-electron chi connectivity index (χ1n) is 7.40. The Balaban J connectivity index is 0.000000960. The van der Waals surface area contributed by atoms with Gasteiger partial charge in [0, 0.05) is 5.92 Å². The van der Waals surface area contributed by atoms with E-state index >= 15 is 0 Å². The van der Waals surface area contributed by atoms with Gasteiger partial charge in [-0.3, -0.25) is 0 Å². The van der Waals surface area contributed by atoms with Crippen molar-refractivity contribution in [3.05, 3.63) is 83.1 Å². The second kappa shape index (κ2) is 9.33. The summed E-state index contributed by atoms with van der Waals surface area (Å²) in [6.45, 7) is 0. The molecule has 122 valence electrons. The van der Waals surface area contributed by atoms with Crippen molar-refractivity contribution in [3.63, 3.8) is 0 Å². The van der Waals surface area contributed by atoms with E-state index in [1.165, 1.54) is 27.5 Å². The molecule has 5 heteroatoms. The molecule has 24 heavy (non-hydrogen) atoms. The summed E-state index contributed by atoms with van der Waals surface area (Å²) in [6, 6.07) is 18.7. The third-order valence-electron chi connectivity index (χ3n) is 4.47. The van der Waals surface area contributed by atoms with Crippen LogP contribution in [0, 0.1) is 0 Å². The van der Waals surface area contributed by atoms with Crippen molar-refractivity contribution in [2.45, 2.75) is 18.4 Å². The third-order valence-corrected chi connectivity index (χ3v) is 7.49. The molecule has 2 aliphatic rings. The maximum Gasteiger partial charge on any atom is 2.00 e. The summed E-state index contributed by atoms with van der Waals surface area (Å²) in [6.07, 6.45) is 7.61. The van der Waals surface area contributed by atoms with E-state index < -0.39 is 8.11 Å². The van der Waals surface area contributed by atoms with Gasteiger partial charge in [0.25, 0.3) is 0 Å². The second-order valence-electron chi connectivity index (χ2n) is 5.66. The number of fused-ring (bicyclic) bond motifs is 3. The minimum absolute atomic E-state index is 0. The van der Waals surface area contributed by atoms with Gasteiger partial charge in [0.15, 0.2) is 8.11 Å². The first kappa shape index (κ1) is 21.6. The van der Waals surface area contributed by atoms with Crippen molar-refractivity contribution in [1.82, 2.24) is 0 Å². The molecule has 2 aromatic rings. The maximum absolute atomic E-state index is 6.79. The molecular formula is C19H16Cl3SiV. The molecule has 0 bridgehead atoms. The number of hydrogen-bond donors (Lipinski definition) is 0. The van der Waals surface area contributed by atoms with Crippen LogP contribution in [-0.2, 0) is 18.6 Å². The van der Waals surface area contributed by atoms with E-state index in [1.54, 1.807) is 0 Å². The molecule has 2 aromatic carbocycles. The van der Waals surface area contributed by atoms with Crippen LogP contribution in [0.4, 0.5) is 0 Å². The molecule has 0 aliphatic heterocycles. The van der Waals surface area contributed by atoms with Crippen molar-refractivity contribution in [2.75, 3.05) is 0 Å². The average Bonchev–Trinajstić information content (AvgIpc) is 3.15. The summed E-state index contributed by atoms with van der Waals surface area (Å²) < 4.78 is 0. The molecule has 0 amide bonds. The molecule has 0 saturated carbocycles. The van der Waals surface area contributed by atoms with Gasteiger partial charge < -0.3 is 24.8 Å². The first-order valence-corrected chi connectivity index (χ1v) is 10.1. The van der Waals surface area contributed by atoms with Crippen molar-refractivity contribution >= 4 is 19.2 Å². The molecule has 0 atom stereocenters. The molecule has 4 rings (SSSR count). The quantitative estimate of drug-likeness (QED) is 0.454. The molecule has 0 heterocycles. The molecule has 0 fully saturated rings. The molecule has 0 nitrogen and oxygen atoms in total. The second-order valence-corrected chi connectivity index (χ2v) is 8.89. The molecule has 0 unspecified atom stereocenters. The smallest absolute Gasteiger partial charge is 1.00 e. The Morgan fingerprint density at radius 1 is 0.917 bits per heavy atom. The van der Waals surface area contributed by atoms with Crippen LogP contribution in [0.2, 0.25) is 6.04 Å². The summed E-state index contributed by atoms with van der Waals surface area (Å²) in [7, 11) is -0.963. The van der Waals surface area contributed by atoms with Crippen LogP contribution in [0.3, 0.4) is 0 Å². The van der Waals surface area contributed by atoms with Crippen LogP contribution in [0.25, 0.3) is 11.1 Å². The van der Waals surface area contributed by atoms with Crippen LogP contribution in [0.1, 0.15) is 23.5 Å². The predicted octanol–water partition coefficient (Wildman–Crippen LogP) is -0.540. The van der Waals surface area contributed by atoms with Gasteiger partial charge in [-0.1, -0.05) is 72.0 Å². The Morgan fingerprint density at radius 3 is 1.96 bits per heavy atom. The monoisotopic (exact) mass is 428 g/mol. The predicted molar refractivity (Wildman–Crippen MR) is 92.0 cm³/mol. The van der Waals surface area contributed by atoms with Crippen molar-refractivity contribution < 1.29 is 43.4 Å². The Kier molecular flexibility index (Phi) is 8.41. The summed E-state index contributed by atoms with van der Waals surface area (Å²) in [4.78, 5) is 0. The fourth-order valence-corrected chi connectivity index (χ4v) is 6.00. The van der Waals surface area contributed by atoms with Crippen LogP contribution in [-0.4, -0.2) is 8.11 Å². The Bertz CT molecular complexity index is 712. The van der Waals surface area contributed by atoms with E-state index in [2.05, 4.69) is 66.8 Å². The minimum atomic E-state index is -0.963. The molecule has 0 aromatic heterocycles.